The Labute approximate surface area is 175 Å². The zero-order valence-corrected chi connectivity index (χ0v) is 17.6. The number of methoxy groups -OCH3 is 1. The number of hydrogen-bond donors (Lipinski definition) is 1. The number of ether oxygens (including phenoxy) is 2. The molecule has 152 valence electrons. The van der Waals surface area contributed by atoms with Crippen LogP contribution in [0.15, 0.2) is 60.7 Å². The Bertz CT molecular complexity index is 916. The minimum atomic E-state index is -0.576. The molecular formula is C24H26O4S. The maximum atomic E-state index is 12.1. The van der Waals surface area contributed by atoms with Crippen molar-refractivity contribution in [3.05, 3.63) is 76.7 Å². The first kappa shape index (κ1) is 21.1. The highest BCUT2D eigenvalue weighted by Crippen LogP contribution is 2.38. The molecule has 1 heterocycles. The first-order chi connectivity index (χ1) is 14.1. The average molecular weight is 411 g/mol. The van der Waals surface area contributed by atoms with Gasteiger partial charge in [0.25, 0.3) is 0 Å². The fraction of sp³-hybridized carbons (Fsp3) is 0.292. The van der Waals surface area contributed by atoms with Gasteiger partial charge in [-0.3, -0.25) is 4.79 Å². The van der Waals surface area contributed by atoms with Crippen LogP contribution < -0.4 is 4.74 Å². The maximum Gasteiger partial charge on any atom is 0.310 e. The largest absolute Gasteiger partial charge is 0.497 e. The Morgan fingerprint density at radius 2 is 1.83 bits per heavy atom. The first-order valence-corrected chi connectivity index (χ1v) is 10.6. The summed E-state index contributed by atoms with van der Waals surface area (Å²) >= 11 is 1.53. The van der Waals surface area contributed by atoms with Crippen LogP contribution in [0, 0.1) is 0 Å². The van der Waals surface area contributed by atoms with Crippen LogP contribution in [-0.4, -0.2) is 24.8 Å². The Balaban J connectivity index is 1.83. The molecule has 1 unspecified atom stereocenters. The van der Waals surface area contributed by atoms with Crippen molar-refractivity contribution in [2.45, 2.75) is 32.3 Å². The van der Waals surface area contributed by atoms with E-state index in [2.05, 4.69) is 12.1 Å². The number of hydrogen-bond acceptors (Lipinski definition) is 5. The molecule has 0 fully saturated rings. The maximum absolute atomic E-state index is 12.1. The molecule has 2 aromatic carbocycles. The van der Waals surface area contributed by atoms with Gasteiger partial charge >= 0.3 is 5.97 Å². The van der Waals surface area contributed by atoms with Gasteiger partial charge in [0.15, 0.2) is 0 Å². The Kier molecular flexibility index (Phi) is 7.44. The topological polar surface area (TPSA) is 55.8 Å². The molecule has 0 aliphatic carbocycles. The van der Waals surface area contributed by atoms with Crippen LogP contribution in [-0.2, 0) is 22.4 Å². The molecule has 0 amide bonds. The number of thiophene rings is 1. The third-order valence-corrected chi connectivity index (χ3v) is 6.03. The predicted octanol–water partition coefficient (Wildman–Crippen LogP) is 5.20. The lowest BCUT2D eigenvalue weighted by Crippen LogP contribution is -2.07. The van der Waals surface area contributed by atoms with E-state index >= 15 is 0 Å². The molecule has 0 saturated carbocycles. The summed E-state index contributed by atoms with van der Waals surface area (Å²) in [5, 5.41) is 10.8. The zero-order chi connectivity index (χ0) is 20.6. The summed E-state index contributed by atoms with van der Waals surface area (Å²) < 4.78 is 10.4. The van der Waals surface area contributed by atoms with Crippen LogP contribution in [0.2, 0.25) is 0 Å². The van der Waals surface area contributed by atoms with Gasteiger partial charge in [0.1, 0.15) is 5.75 Å². The standard InChI is InChI=1S/C24H26O4S/c1-3-28-23(26)16-19-15-22(21(25)14-9-17-7-5-4-6-8-17)29-24(19)18-10-12-20(27-2)13-11-18/h4-8,10-13,15,21,25H,3,9,14,16H2,1-2H3. The van der Waals surface area contributed by atoms with E-state index in [9.17, 15) is 9.90 Å². The van der Waals surface area contributed by atoms with E-state index in [1.807, 2.05) is 48.5 Å². The Morgan fingerprint density at radius 1 is 1.10 bits per heavy atom. The van der Waals surface area contributed by atoms with E-state index in [1.54, 1.807) is 14.0 Å². The number of aryl methyl sites for hydroxylation is 1. The average Bonchev–Trinajstić information content (AvgIpc) is 3.16. The fourth-order valence-electron chi connectivity index (χ4n) is 3.19. The van der Waals surface area contributed by atoms with Crippen molar-refractivity contribution in [1.29, 1.82) is 0 Å². The van der Waals surface area contributed by atoms with Crippen molar-refractivity contribution < 1.29 is 19.4 Å². The quantitative estimate of drug-likeness (QED) is 0.493. The van der Waals surface area contributed by atoms with Crippen molar-refractivity contribution in [3.63, 3.8) is 0 Å². The van der Waals surface area contributed by atoms with Crippen molar-refractivity contribution in [3.8, 4) is 16.2 Å². The summed E-state index contributed by atoms with van der Waals surface area (Å²) in [4.78, 5) is 13.9. The Morgan fingerprint density at radius 3 is 2.48 bits per heavy atom. The molecule has 0 radical (unpaired) electrons. The summed E-state index contributed by atoms with van der Waals surface area (Å²) in [5.41, 5.74) is 3.08. The smallest absolute Gasteiger partial charge is 0.310 e. The number of rotatable bonds is 9. The highest BCUT2D eigenvalue weighted by atomic mass is 32.1. The zero-order valence-electron chi connectivity index (χ0n) is 16.8. The lowest BCUT2D eigenvalue weighted by molar-refractivity contribution is -0.142. The van der Waals surface area contributed by atoms with Gasteiger partial charge in [-0.1, -0.05) is 30.3 Å². The van der Waals surface area contributed by atoms with Crippen molar-refractivity contribution >= 4 is 17.3 Å². The molecule has 29 heavy (non-hydrogen) atoms. The third kappa shape index (κ3) is 5.68. The number of aliphatic hydroxyl groups is 1. The van der Waals surface area contributed by atoms with E-state index in [-0.39, 0.29) is 12.4 Å². The van der Waals surface area contributed by atoms with Gasteiger partial charge in [-0.2, -0.15) is 0 Å². The third-order valence-electron chi connectivity index (χ3n) is 4.70. The molecule has 3 aromatic rings. The monoisotopic (exact) mass is 410 g/mol. The van der Waals surface area contributed by atoms with Crippen molar-refractivity contribution in [1.82, 2.24) is 0 Å². The number of benzene rings is 2. The van der Waals surface area contributed by atoms with Gasteiger partial charge in [0, 0.05) is 9.75 Å². The lowest BCUT2D eigenvalue weighted by atomic mass is 10.0. The highest BCUT2D eigenvalue weighted by molar-refractivity contribution is 7.15. The molecule has 5 heteroatoms. The van der Waals surface area contributed by atoms with Crippen LogP contribution in [0.5, 0.6) is 5.75 Å². The summed E-state index contributed by atoms with van der Waals surface area (Å²) in [6.07, 6.45) is 1.04. The van der Waals surface area contributed by atoms with E-state index in [0.717, 1.165) is 33.1 Å². The lowest BCUT2D eigenvalue weighted by Gasteiger charge is -2.08. The number of carbonyl (C=O) groups is 1. The molecule has 0 bridgehead atoms. The van der Waals surface area contributed by atoms with Crippen LogP contribution in [0.4, 0.5) is 0 Å². The molecular weight excluding hydrogens is 384 g/mol. The molecule has 0 spiro atoms. The molecule has 3 rings (SSSR count). The Hall–Kier alpha value is -2.63. The number of esters is 1. The van der Waals surface area contributed by atoms with Crippen LogP contribution in [0.25, 0.3) is 10.4 Å². The van der Waals surface area contributed by atoms with Gasteiger partial charge < -0.3 is 14.6 Å². The van der Waals surface area contributed by atoms with Gasteiger partial charge in [-0.15, -0.1) is 11.3 Å². The van der Waals surface area contributed by atoms with E-state index in [4.69, 9.17) is 9.47 Å². The molecule has 0 aliphatic heterocycles. The predicted molar refractivity (Wildman–Crippen MR) is 116 cm³/mol. The van der Waals surface area contributed by atoms with Gasteiger partial charge in [0.05, 0.1) is 26.2 Å². The van der Waals surface area contributed by atoms with Crippen LogP contribution >= 0.6 is 11.3 Å². The summed E-state index contributed by atoms with van der Waals surface area (Å²) in [5.74, 6) is 0.519. The van der Waals surface area contributed by atoms with Gasteiger partial charge in [-0.25, -0.2) is 0 Å². The second-order valence-corrected chi connectivity index (χ2v) is 7.84. The molecule has 0 aliphatic rings. The minimum Gasteiger partial charge on any atom is -0.497 e. The SMILES string of the molecule is CCOC(=O)Cc1cc(C(O)CCc2ccccc2)sc1-c1ccc(OC)cc1. The second-order valence-electron chi connectivity index (χ2n) is 6.75. The van der Waals surface area contributed by atoms with Crippen molar-refractivity contribution in [2.24, 2.45) is 0 Å². The normalized spacial score (nSPS) is 11.8. The summed E-state index contributed by atoms with van der Waals surface area (Å²) in [6.45, 7) is 2.15. The highest BCUT2D eigenvalue weighted by Gasteiger charge is 2.19. The van der Waals surface area contributed by atoms with E-state index in [1.165, 1.54) is 16.9 Å². The van der Waals surface area contributed by atoms with E-state index < -0.39 is 6.10 Å². The van der Waals surface area contributed by atoms with Gasteiger partial charge in [-0.05, 0) is 66.8 Å². The molecule has 1 atom stereocenters. The number of aliphatic hydroxyl groups excluding tert-OH is 1. The summed E-state index contributed by atoms with van der Waals surface area (Å²) in [7, 11) is 1.63. The van der Waals surface area contributed by atoms with Crippen LogP contribution in [0.3, 0.4) is 0 Å². The second kappa shape index (κ2) is 10.2. The molecule has 4 nitrogen and oxygen atoms in total. The molecule has 0 saturated heterocycles. The molecule has 1 aromatic heterocycles. The van der Waals surface area contributed by atoms with Crippen molar-refractivity contribution in [2.75, 3.05) is 13.7 Å². The first-order valence-electron chi connectivity index (χ1n) is 9.75. The molecule has 1 N–H and O–H groups in total. The van der Waals surface area contributed by atoms with Gasteiger partial charge in [0.2, 0.25) is 0 Å². The number of carbonyl (C=O) groups excluding carboxylic acids is 1. The minimum absolute atomic E-state index is 0.192. The van der Waals surface area contributed by atoms with Crippen LogP contribution in [0.1, 0.15) is 35.5 Å². The van der Waals surface area contributed by atoms with E-state index in [0.29, 0.717) is 13.0 Å². The fourth-order valence-corrected chi connectivity index (χ4v) is 4.40. The summed E-state index contributed by atoms with van der Waals surface area (Å²) in [6, 6.07) is 19.8.